The van der Waals surface area contributed by atoms with E-state index in [1.165, 1.54) is 12.1 Å². The number of sulfone groups is 1. The quantitative estimate of drug-likeness (QED) is 0.337. The SMILES string of the molecule is Cc1ccc(S(=O)(=O)N(C(=O)C2CS(=O)(=O)CCN2)[C@@H](Cc2ccc(NC(=O)C3CCNCC3)cc2)C(=O)OC(C)(C)C)cc1. The molecular formula is C31H42N4O8S2. The number of carbonyl (C=O) groups is 3. The van der Waals surface area contributed by atoms with Gasteiger partial charge in [-0.05, 0) is 83.5 Å². The van der Waals surface area contributed by atoms with Crippen molar-refractivity contribution < 1.29 is 36.0 Å². The zero-order chi connectivity index (χ0) is 33.0. The molecule has 0 aliphatic carbocycles. The largest absolute Gasteiger partial charge is 0.458 e. The predicted octanol–water partition coefficient (Wildman–Crippen LogP) is 1.79. The molecule has 2 aromatic rings. The molecule has 0 aromatic heterocycles. The summed E-state index contributed by atoms with van der Waals surface area (Å²) in [7, 11) is -8.32. The lowest BCUT2D eigenvalue weighted by Crippen LogP contribution is -2.60. The molecule has 2 saturated heterocycles. The first-order chi connectivity index (χ1) is 21.1. The van der Waals surface area contributed by atoms with Gasteiger partial charge in [0.25, 0.3) is 15.9 Å². The highest BCUT2D eigenvalue weighted by atomic mass is 32.2. The number of ether oxygens (including phenoxy) is 1. The van der Waals surface area contributed by atoms with Crippen LogP contribution in [0, 0.1) is 12.8 Å². The minimum absolute atomic E-state index is 0.0428. The maximum Gasteiger partial charge on any atom is 0.330 e. The van der Waals surface area contributed by atoms with Crippen LogP contribution in [0.15, 0.2) is 53.4 Å². The number of nitrogens with zero attached hydrogens (tertiary/aromatic N) is 1. The van der Waals surface area contributed by atoms with Gasteiger partial charge in [0.2, 0.25) is 5.91 Å². The Morgan fingerprint density at radius 3 is 2.20 bits per heavy atom. The van der Waals surface area contributed by atoms with E-state index in [1.807, 2.05) is 0 Å². The Morgan fingerprint density at radius 2 is 1.62 bits per heavy atom. The molecule has 3 N–H and O–H groups in total. The Bertz CT molecular complexity index is 1600. The molecule has 2 fully saturated rings. The third kappa shape index (κ3) is 9.12. The van der Waals surface area contributed by atoms with Crippen LogP contribution >= 0.6 is 0 Å². The van der Waals surface area contributed by atoms with Crippen LogP contribution in [-0.4, -0.2) is 87.7 Å². The van der Waals surface area contributed by atoms with E-state index in [2.05, 4.69) is 16.0 Å². The fourth-order valence-electron chi connectivity index (χ4n) is 5.27. The van der Waals surface area contributed by atoms with E-state index in [1.54, 1.807) is 64.1 Å². The number of anilines is 1. The normalized spacial score (nSPS) is 19.7. The van der Waals surface area contributed by atoms with Crippen LogP contribution in [0.2, 0.25) is 0 Å². The number of benzene rings is 2. The highest BCUT2D eigenvalue weighted by Gasteiger charge is 2.45. The van der Waals surface area contributed by atoms with E-state index in [-0.39, 0.29) is 35.4 Å². The van der Waals surface area contributed by atoms with E-state index >= 15 is 0 Å². The highest BCUT2D eigenvalue weighted by molar-refractivity contribution is 7.91. The molecule has 45 heavy (non-hydrogen) atoms. The van der Waals surface area contributed by atoms with Gasteiger partial charge in [0.05, 0.1) is 16.4 Å². The first-order valence-corrected chi connectivity index (χ1v) is 18.2. The van der Waals surface area contributed by atoms with E-state index in [0.717, 1.165) is 31.5 Å². The average Bonchev–Trinajstić information content (AvgIpc) is 2.97. The molecule has 4 rings (SSSR count). The van der Waals surface area contributed by atoms with Gasteiger partial charge >= 0.3 is 5.97 Å². The summed E-state index contributed by atoms with van der Waals surface area (Å²) in [5, 5.41) is 8.94. The molecule has 2 atom stereocenters. The van der Waals surface area contributed by atoms with Gasteiger partial charge in [-0.25, -0.2) is 25.9 Å². The maximum absolute atomic E-state index is 14.2. The van der Waals surface area contributed by atoms with Gasteiger partial charge in [0.15, 0.2) is 9.84 Å². The maximum atomic E-state index is 14.2. The lowest BCUT2D eigenvalue weighted by molar-refractivity contribution is -0.162. The zero-order valence-electron chi connectivity index (χ0n) is 26.0. The third-order valence-corrected chi connectivity index (χ3v) is 11.1. The van der Waals surface area contributed by atoms with Gasteiger partial charge in [-0.3, -0.25) is 9.59 Å². The van der Waals surface area contributed by atoms with Gasteiger partial charge in [0.1, 0.15) is 17.7 Å². The summed E-state index contributed by atoms with van der Waals surface area (Å²) in [6.07, 6.45) is 1.21. The Balaban J connectivity index is 1.71. The number of piperidine rings is 1. The summed E-state index contributed by atoms with van der Waals surface area (Å²) in [6, 6.07) is 9.33. The van der Waals surface area contributed by atoms with E-state index in [9.17, 15) is 31.2 Å². The molecule has 2 aromatic carbocycles. The molecule has 14 heteroatoms. The molecule has 0 radical (unpaired) electrons. The molecule has 2 heterocycles. The third-order valence-electron chi connectivity index (χ3n) is 7.64. The molecular weight excluding hydrogens is 620 g/mol. The molecule has 12 nitrogen and oxygen atoms in total. The number of hydrogen-bond donors (Lipinski definition) is 3. The number of nitrogens with one attached hydrogen (secondary N) is 3. The van der Waals surface area contributed by atoms with Crippen molar-refractivity contribution in [1.82, 2.24) is 14.9 Å². The number of aryl methyl sites for hydroxylation is 1. The van der Waals surface area contributed by atoms with Crippen molar-refractivity contribution >= 4 is 43.3 Å². The van der Waals surface area contributed by atoms with Crippen LogP contribution in [0.5, 0.6) is 0 Å². The molecule has 246 valence electrons. The van der Waals surface area contributed by atoms with Crippen LogP contribution in [0.25, 0.3) is 0 Å². The summed E-state index contributed by atoms with van der Waals surface area (Å²) >= 11 is 0. The van der Waals surface area contributed by atoms with Crippen molar-refractivity contribution in [2.75, 3.05) is 36.5 Å². The summed E-state index contributed by atoms with van der Waals surface area (Å²) in [6.45, 7) is 8.14. The first-order valence-electron chi connectivity index (χ1n) is 15.0. The molecule has 2 aliphatic heterocycles. The minimum atomic E-state index is -4.67. The van der Waals surface area contributed by atoms with Gasteiger partial charge in [-0.1, -0.05) is 29.8 Å². The molecule has 2 aliphatic rings. The second-order valence-electron chi connectivity index (χ2n) is 12.5. The van der Waals surface area contributed by atoms with Gasteiger partial charge in [0, 0.05) is 24.6 Å². The summed E-state index contributed by atoms with van der Waals surface area (Å²) in [5.74, 6) is -3.04. The van der Waals surface area contributed by atoms with Crippen LogP contribution in [0.4, 0.5) is 5.69 Å². The van der Waals surface area contributed by atoms with Crippen LogP contribution in [0.1, 0.15) is 44.7 Å². The van der Waals surface area contributed by atoms with Crippen molar-refractivity contribution in [3.05, 3.63) is 59.7 Å². The fourth-order valence-corrected chi connectivity index (χ4v) is 8.20. The number of esters is 1. The Kier molecular flexibility index (Phi) is 10.7. The summed E-state index contributed by atoms with van der Waals surface area (Å²) in [4.78, 5) is 40.3. The van der Waals surface area contributed by atoms with Crippen molar-refractivity contribution in [1.29, 1.82) is 0 Å². The number of sulfonamides is 1. The Labute approximate surface area is 265 Å². The fraction of sp³-hybridized carbons (Fsp3) is 0.516. The van der Waals surface area contributed by atoms with Crippen molar-refractivity contribution in [2.45, 2.75) is 69.5 Å². The van der Waals surface area contributed by atoms with Crippen molar-refractivity contribution in [2.24, 2.45) is 5.92 Å². The monoisotopic (exact) mass is 662 g/mol. The molecule has 0 saturated carbocycles. The standard InChI is InChI=1S/C31H42N4O8S2/c1-21-5-11-25(12-6-21)45(41,42)35(29(37)26-20-44(39,40)18-17-33-26)27(30(38)43-31(2,3)4)19-22-7-9-24(10-8-22)34-28(36)23-13-15-32-16-14-23/h5-12,23,26-27,32-33H,13-20H2,1-4H3,(H,34,36)/t26?,27-/m0/s1. The smallest absolute Gasteiger partial charge is 0.330 e. The summed E-state index contributed by atoms with van der Waals surface area (Å²) in [5.41, 5.74) is 0.787. The zero-order valence-corrected chi connectivity index (χ0v) is 27.7. The Morgan fingerprint density at radius 1 is 1.00 bits per heavy atom. The Hall–Kier alpha value is -3.33. The number of carbonyl (C=O) groups excluding carboxylic acids is 3. The lowest BCUT2D eigenvalue weighted by Gasteiger charge is -2.35. The molecule has 1 unspecified atom stereocenters. The number of amides is 2. The van der Waals surface area contributed by atoms with Crippen LogP contribution < -0.4 is 16.0 Å². The second kappa shape index (κ2) is 14.0. The van der Waals surface area contributed by atoms with E-state index in [4.69, 9.17) is 4.74 Å². The van der Waals surface area contributed by atoms with E-state index < -0.39 is 55.2 Å². The highest BCUT2D eigenvalue weighted by Crippen LogP contribution is 2.26. The first kappa shape index (κ1) is 34.5. The predicted molar refractivity (Wildman–Crippen MR) is 170 cm³/mol. The second-order valence-corrected chi connectivity index (χ2v) is 16.6. The van der Waals surface area contributed by atoms with E-state index in [0.29, 0.717) is 15.6 Å². The average molecular weight is 663 g/mol. The number of hydrogen-bond acceptors (Lipinski definition) is 10. The minimum Gasteiger partial charge on any atom is -0.458 e. The van der Waals surface area contributed by atoms with Gasteiger partial charge in [-0.2, -0.15) is 0 Å². The van der Waals surface area contributed by atoms with Gasteiger partial charge < -0.3 is 20.7 Å². The van der Waals surface area contributed by atoms with Crippen molar-refractivity contribution in [3.63, 3.8) is 0 Å². The summed E-state index contributed by atoms with van der Waals surface area (Å²) < 4.78 is 59.4. The van der Waals surface area contributed by atoms with Crippen molar-refractivity contribution in [3.8, 4) is 0 Å². The molecule has 2 amide bonds. The van der Waals surface area contributed by atoms with Gasteiger partial charge in [-0.15, -0.1) is 0 Å². The lowest BCUT2D eigenvalue weighted by atomic mass is 9.97. The molecule has 0 spiro atoms. The number of rotatable bonds is 9. The topological polar surface area (TPSA) is 168 Å². The molecule has 0 bridgehead atoms. The van der Waals surface area contributed by atoms with Crippen LogP contribution in [0.3, 0.4) is 0 Å². The van der Waals surface area contributed by atoms with Crippen LogP contribution in [-0.2, 0) is 45.4 Å².